The second-order valence-corrected chi connectivity index (χ2v) is 6.19. The number of amides is 1. The summed E-state index contributed by atoms with van der Waals surface area (Å²) < 4.78 is 10.3. The highest BCUT2D eigenvalue weighted by atomic mass is 16.5. The number of hydrogen-bond donors (Lipinski definition) is 1. The van der Waals surface area contributed by atoms with E-state index in [0.29, 0.717) is 11.3 Å². The summed E-state index contributed by atoms with van der Waals surface area (Å²) in [6.45, 7) is 2.00. The van der Waals surface area contributed by atoms with Crippen molar-refractivity contribution in [1.29, 1.82) is 5.26 Å². The minimum Gasteiger partial charge on any atom is -0.490 e. The fourth-order valence-electron chi connectivity index (χ4n) is 2.85. The van der Waals surface area contributed by atoms with Crippen LogP contribution >= 0.6 is 0 Å². The molecular formula is C21H18N2O4. The zero-order valence-electron chi connectivity index (χ0n) is 15.0. The van der Waals surface area contributed by atoms with Crippen LogP contribution in [0.15, 0.2) is 48.0 Å². The van der Waals surface area contributed by atoms with Crippen LogP contribution in [0.1, 0.15) is 28.4 Å². The van der Waals surface area contributed by atoms with Gasteiger partial charge in [0, 0.05) is 12.1 Å². The number of rotatable bonds is 4. The molecule has 136 valence electrons. The number of nitrogens with one attached hydrogen (secondary N) is 1. The molecule has 0 aromatic heterocycles. The van der Waals surface area contributed by atoms with Crippen molar-refractivity contribution in [3.8, 4) is 11.8 Å². The van der Waals surface area contributed by atoms with Crippen LogP contribution in [0.2, 0.25) is 0 Å². The van der Waals surface area contributed by atoms with Crippen molar-refractivity contribution in [2.45, 2.75) is 19.4 Å². The number of anilines is 1. The molecule has 27 heavy (non-hydrogen) atoms. The molecule has 1 amide bonds. The Hall–Kier alpha value is -3.59. The Morgan fingerprint density at radius 1 is 1.26 bits per heavy atom. The number of nitrogens with zero attached hydrogens (tertiary/aromatic N) is 1. The maximum atomic E-state index is 12.4. The van der Waals surface area contributed by atoms with Crippen LogP contribution in [0.4, 0.5) is 5.69 Å². The van der Waals surface area contributed by atoms with Gasteiger partial charge in [-0.05, 0) is 60.5 Å². The third-order valence-electron chi connectivity index (χ3n) is 4.16. The van der Waals surface area contributed by atoms with Crippen LogP contribution in [-0.2, 0) is 16.0 Å². The van der Waals surface area contributed by atoms with Crippen molar-refractivity contribution < 1.29 is 19.1 Å². The van der Waals surface area contributed by atoms with Gasteiger partial charge in [-0.15, -0.1) is 0 Å². The first-order valence-corrected chi connectivity index (χ1v) is 8.41. The van der Waals surface area contributed by atoms with E-state index in [2.05, 4.69) is 10.1 Å². The van der Waals surface area contributed by atoms with Gasteiger partial charge in [-0.3, -0.25) is 4.79 Å². The lowest BCUT2D eigenvalue weighted by atomic mass is 10.0. The molecule has 1 N–H and O–H groups in total. The minimum atomic E-state index is -0.520. The second-order valence-electron chi connectivity index (χ2n) is 6.19. The van der Waals surface area contributed by atoms with Crippen LogP contribution in [0.25, 0.3) is 6.08 Å². The summed E-state index contributed by atoms with van der Waals surface area (Å²) in [7, 11) is 1.30. The zero-order chi connectivity index (χ0) is 19.4. The predicted octanol–water partition coefficient (Wildman–Crippen LogP) is 3.34. The first-order valence-electron chi connectivity index (χ1n) is 8.41. The standard InChI is InChI=1S/C21H18N2O4/c1-13-9-16-10-14(3-8-19(16)27-13)11-17(12-22)20(24)23-18-6-4-15(5-7-18)21(25)26-2/h3-8,10-11,13H,9H2,1-2H3,(H,23,24)/b17-11-/t13-/m0/s1. The maximum absolute atomic E-state index is 12.4. The Morgan fingerprint density at radius 3 is 2.67 bits per heavy atom. The van der Waals surface area contributed by atoms with Crippen LogP contribution in [0.3, 0.4) is 0 Å². The normalized spacial score (nSPS) is 15.3. The predicted molar refractivity (Wildman–Crippen MR) is 100 cm³/mol. The van der Waals surface area contributed by atoms with E-state index in [4.69, 9.17) is 4.74 Å². The molecule has 0 unspecified atom stereocenters. The van der Waals surface area contributed by atoms with Gasteiger partial charge < -0.3 is 14.8 Å². The van der Waals surface area contributed by atoms with Crippen LogP contribution in [0.5, 0.6) is 5.75 Å². The van der Waals surface area contributed by atoms with Gasteiger partial charge in [0.15, 0.2) is 0 Å². The second kappa shape index (κ2) is 7.75. The summed E-state index contributed by atoms with van der Waals surface area (Å²) in [5.41, 5.74) is 2.66. The summed E-state index contributed by atoms with van der Waals surface area (Å²) in [6.07, 6.45) is 2.48. The van der Waals surface area contributed by atoms with Crippen LogP contribution < -0.4 is 10.1 Å². The summed E-state index contributed by atoms with van der Waals surface area (Å²) in [5, 5.41) is 12.0. The third-order valence-corrected chi connectivity index (χ3v) is 4.16. The Kier molecular flexibility index (Phi) is 5.23. The molecule has 2 aromatic rings. The van der Waals surface area contributed by atoms with Gasteiger partial charge >= 0.3 is 5.97 Å². The summed E-state index contributed by atoms with van der Waals surface area (Å²) in [4.78, 5) is 23.8. The molecule has 0 saturated heterocycles. The van der Waals surface area contributed by atoms with Crippen molar-refractivity contribution in [3.05, 3.63) is 64.7 Å². The molecule has 0 radical (unpaired) electrons. The maximum Gasteiger partial charge on any atom is 0.337 e. The Balaban J connectivity index is 1.75. The summed E-state index contributed by atoms with van der Waals surface area (Å²) in [6, 6.07) is 13.8. The van der Waals surface area contributed by atoms with Crippen LogP contribution in [-0.4, -0.2) is 25.1 Å². The fourth-order valence-corrected chi connectivity index (χ4v) is 2.85. The fraction of sp³-hybridized carbons (Fsp3) is 0.190. The van der Waals surface area contributed by atoms with E-state index in [9.17, 15) is 14.9 Å². The molecule has 2 aromatic carbocycles. The van der Waals surface area contributed by atoms with E-state index < -0.39 is 11.9 Å². The van der Waals surface area contributed by atoms with Gasteiger partial charge in [-0.2, -0.15) is 5.26 Å². The van der Waals surface area contributed by atoms with E-state index in [1.165, 1.54) is 7.11 Å². The first kappa shape index (κ1) is 18.2. The lowest BCUT2D eigenvalue weighted by Crippen LogP contribution is -2.13. The smallest absolute Gasteiger partial charge is 0.337 e. The summed E-state index contributed by atoms with van der Waals surface area (Å²) >= 11 is 0. The number of carbonyl (C=O) groups is 2. The first-order chi connectivity index (χ1) is 13.0. The van der Waals surface area contributed by atoms with E-state index in [-0.39, 0.29) is 11.7 Å². The number of carbonyl (C=O) groups excluding carboxylic acids is 2. The number of esters is 1. The molecule has 1 heterocycles. The average molecular weight is 362 g/mol. The number of benzene rings is 2. The number of methoxy groups -OCH3 is 1. The molecule has 1 atom stereocenters. The van der Waals surface area contributed by atoms with Crippen molar-refractivity contribution >= 4 is 23.6 Å². The lowest BCUT2D eigenvalue weighted by Gasteiger charge is -2.06. The Bertz CT molecular complexity index is 955. The quantitative estimate of drug-likeness (QED) is 0.512. The zero-order valence-corrected chi connectivity index (χ0v) is 15.0. The number of ether oxygens (including phenoxy) is 2. The molecule has 1 aliphatic rings. The molecule has 0 bridgehead atoms. The highest BCUT2D eigenvalue weighted by molar-refractivity contribution is 6.09. The van der Waals surface area contributed by atoms with Gasteiger partial charge in [-0.25, -0.2) is 4.79 Å². The van der Waals surface area contributed by atoms with Crippen molar-refractivity contribution in [1.82, 2.24) is 0 Å². The molecule has 0 fully saturated rings. The van der Waals surface area contributed by atoms with E-state index in [1.807, 2.05) is 31.2 Å². The third kappa shape index (κ3) is 4.15. The topological polar surface area (TPSA) is 88.4 Å². The Morgan fingerprint density at radius 2 is 2.00 bits per heavy atom. The minimum absolute atomic E-state index is 0.0149. The van der Waals surface area contributed by atoms with Gasteiger partial charge in [0.05, 0.1) is 12.7 Å². The van der Waals surface area contributed by atoms with Crippen molar-refractivity contribution in [2.24, 2.45) is 0 Å². The van der Waals surface area contributed by atoms with Crippen molar-refractivity contribution in [3.63, 3.8) is 0 Å². The lowest BCUT2D eigenvalue weighted by molar-refractivity contribution is -0.112. The van der Waals surface area contributed by atoms with Gasteiger partial charge in [0.25, 0.3) is 5.91 Å². The van der Waals surface area contributed by atoms with Gasteiger partial charge in [0.2, 0.25) is 0 Å². The van der Waals surface area contributed by atoms with Gasteiger partial charge in [-0.1, -0.05) is 6.07 Å². The highest BCUT2D eigenvalue weighted by Crippen LogP contribution is 2.30. The Labute approximate surface area is 157 Å². The highest BCUT2D eigenvalue weighted by Gasteiger charge is 2.19. The molecule has 0 spiro atoms. The number of fused-ring (bicyclic) bond motifs is 1. The molecular weight excluding hydrogens is 344 g/mol. The van der Waals surface area contributed by atoms with Gasteiger partial charge in [0.1, 0.15) is 23.5 Å². The molecule has 6 heteroatoms. The summed E-state index contributed by atoms with van der Waals surface area (Å²) in [5.74, 6) is -0.137. The monoisotopic (exact) mass is 362 g/mol. The van der Waals surface area contributed by atoms with Crippen molar-refractivity contribution in [2.75, 3.05) is 12.4 Å². The molecule has 3 rings (SSSR count). The molecule has 6 nitrogen and oxygen atoms in total. The number of nitriles is 1. The largest absolute Gasteiger partial charge is 0.490 e. The SMILES string of the molecule is COC(=O)c1ccc(NC(=O)/C(C#N)=C\c2ccc3c(c2)C[C@H](C)O3)cc1. The average Bonchev–Trinajstić information content (AvgIpc) is 3.05. The number of hydrogen-bond acceptors (Lipinski definition) is 5. The molecule has 0 aliphatic carbocycles. The van der Waals surface area contributed by atoms with E-state index >= 15 is 0 Å². The van der Waals surface area contributed by atoms with E-state index in [0.717, 1.165) is 23.3 Å². The van der Waals surface area contributed by atoms with Crippen LogP contribution in [0, 0.1) is 11.3 Å². The van der Waals surface area contributed by atoms with E-state index in [1.54, 1.807) is 30.3 Å². The molecule has 1 aliphatic heterocycles. The molecule has 0 saturated carbocycles.